The summed E-state index contributed by atoms with van der Waals surface area (Å²) >= 11 is 5.08. The molecule has 3 aromatic rings. The summed E-state index contributed by atoms with van der Waals surface area (Å²) in [6, 6.07) is 11.6. The van der Waals surface area contributed by atoms with E-state index in [4.69, 9.17) is 0 Å². The number of hydrogen-bond donors (Lipinski definition) is 0. The molecule has 0 N–H and O–H groups in total. The van der Waals surface area contributed by atoms with Gasteiger partial charge in [-0.15, -0.1) is 11.3 Å². The van der Waals surface area contributed by atoms with Crippen LogP contribution in [0.3, 0.4) is 0 Å². The van der Waals surface area contributed by atoms with E-state index in [-0.39, 0.29) is 10.6 Å². The number of nitro benzene ring substituents is 1. The molecule has 3 nitrogen and oxygen atoms in total. The van der Waals surface area contributed by atoms with Crippen LogP contribution in [0.4, 0.5) is 5.69 Å². The molecule has 23 heavy (non-hydrogen) atoms. The molecule has 0 aliphatic heterocycles. The van der Waals surface area contributed by atoms with Gasteiger partial charge in [0, 0.05) is 21.0 Å². The summed E-state index contributed by atoms with van der Waals surface area (Å²) in [6.45, 7) is 0. The van der Waals surface area contributed by atoms with Gasteiger partial charge in [-0.3, -0.25) is 10.1 Å². The van der Waals surface area contributed by atoms with Gasteiger partial charge >= 0.3 is 0 Å². The molecular formula is C18H12BrNO2S. The minimum atomic E-state index is -0.360. The van der Waals surface area contributed by atoms with E-state index in [1.807, 2.05) is 23.5 Å². The number of nitrogens with zero attached hydrogens (tertiary/aromatic N) is 1. The maximum Gasteiger partial charge on any atom is 0.284 e. The summed E-state index contributed by atoms with van der Waals surface area (Å²) in [5, 5.41) is 12.4. The van der Waals surface area contributed by atoms with E-state index in [9.17, 15) is 10.1 Å². The van der Waals surface area contributed by atoms with E-state index in [0.717, 1.165) is 24.0 Å². The van der Waals surface area contributed by atoms with Crippen LogP contribution < -0.4 is 0 Å². The van der Waals surface area contributed by atoms with Crippen LogP contribution in [-0.4, -0.2) is 4.92 Å². The molecule has 1 aromatic heterocycles. The van der Waals surface area contributed by atoms with Crippen molar-refractivity contribution in [2.24, 2.45) is 0 Å². The third-order valence-electron chi connectivity index (χ3n) is 4.10. The lowest BCUT2D eigenvalue weighted by molar-refractivity contribution is -0.385. The van der Waals surface area contributed by atoms with Gasteiger partial charge in [0.15, 0.2) is 0 Å². The molecule has 0 unspecified atom stereocenters. The molecule has 0 atom stereocenters. The fourth-order valence-corrected chi connectivity index (χ4v) is 4.54. The van der Waals surface area contributed by atoms with Crippen molar-refractivity contribution in [3.63, 3.8) is 0 Å². The monoisotopic (exact) mass is 385 g/mol. The lowest BCUT2D eigenvalue weighted by Gasteiger charge is -2.06. The number of allylic oxidation sites excluding steroid dienone is 1. The molecule has 1 heterocycles. The van der Waals surface area contributed by atoms with Crippen LogP contribution in [0.1, 0.15) is 16.9 Å². The molecule has 0 saturated carbocycles. The summed E-state index contributed by atoms with van der Waals surface area (Å²) in [5.41, 5.74) is 3.27. The maximum atomic E-state index is 11.1. The molecule has 0 fully saturated rings. The number of halogens is 1. The number of nitro groups is 1. The summed E-state index contributed by atoms with van der Waals surface area (Å²) in [5.74, 6) is 0. The Kier molecular flexibility index (Phi) is 3.54. The van der Waals surface area contributed by atoms with Crippen LogP contribution in [0, 0.1) is 10.1 Å². The van der Waals surface area contributed by atoms with Crippen molar-refractivity contribution in [2.45, 2.75) is 12.8 Å². The van der Waals surface area contributed by atoms with Crippen molar-refractivity contribution in [1.82, 2.24) is 0 Å². The highest BCUT2D eigenvalue weighted by Gasteiger charge is 2.16. The van der Waals surface area contributed by atoms with Gasteiger partial charge in [0.1, 0.15) is 0 Å². The second-order valence-corrected chi connectivity index (χ2v) is 7.51. The number of fused-ring (bicyclic) bond motifs is 3. The smallest absolute Gasteiger partial charge is 0.258 e. The Labute approximate surface area is 145 Å². The second kappa shape index (κ2) is 5.58. The molecule has 2 aromatic carbocycles. The first-order valence-electron chi connectivity index (χ1n) is 7.30. The number of aryl methyl sites for hydroxylation is 1. The Morgan fingerprint density at radius 3 is 2.74 bits per heavy atom. The predicted molar refractivity (Wildman–Crippen MR) is 99.0 cm³/mol. The van der Waals surface area contributed by atoms with Crippen LogP contribution in [-0.2, 0) is 6.42 Å². The van der Waals surface area contributed by atoms with Crippen LogP contribution in [0.5, 0.6) is 0 Å². The van der Waals surface area contributed by atoms with E-state index in [1.54, 1.807) is 12.1 Å². The normalized spacial score (nSPS) is 13.3. The minimum Gasteiger partial charge on any atom is -0.258 e. The first kappa shape index (κ1) is 14.6. The van der Waals surface area contributed by atoms with Crippen molar-refractivity contribution in [1.29, 1.82) is 0 Å². The molecule has 0 amide bonds. The van der Waals surface area contributed by atoms with E-state index >= 15 is 0 Å². The number of hydrogen-bond acceptors (Lipinski definition) is 3. The standard InChI is InChI=1S/C18H12BrNO2S/c19-15-7-5-12(10-16(15)20(21)22)11-6-8-18-14(9-11)13-3-1-2-4-17(13)23-18/h1,3,5-10H,2,4H2. The molecule has 1 aliphatic rings. The number of benzene rings is 2. The van der Waals surface area contributed by atoms with Gasteiger partial charge in [-0.25, -0.2) is 0 Å². The first-order chi connectivity index (χ1) is 11.1. The van der Waals surface area contributed by atoms with E-state index in [1.165, 1.54) is 20.5 Å². The molecule has 0 spiro atoms. The van der Waals surface area contributed by atoms with Crippen LogP contribution in [0.2, 0.25) is 0 Å². The largest absolute Gasteiger partial charge is 0.284 e. The van der Waals surface area contributed by atoms with Gasteiger partial charge in [-0.1, -0.05) is 24.3 Å². The fraction of sp³-hybridized carbons (Fsp3) is 0.111. The average Bonchev–Trinajstić information content (AvgIpc) is 2.93. The molecule has 0 radical (unpaired) electrons. The van der Waals surface area contributed by atoms with E-state index in [0.29, 0.717) is 4.47 Å². The Morgan fingerprint density at radius 1 is 1.13 bits per heavy atom. The molecule has 0 saturated heterocycles. The van der Waals surface area contributed by atoms with Gasteiger partial charge < -0.3 is 0 Å². The zero-order chi connectivity index (χ0) is 16.0. The molecule has 5 heteroatoms. The van der Waals surface area contributed by atoms with Gasteiger partial charge in [-0.2, -0.15) is 0 Å². The summed E-state index contributed by atoms with van der Waals surface area (Å²) in [4.78, 5) is 12.2. The summed E-state index contributed by atoms with van der Waals surface area (Å²) in [6.07, 6.45) is 6.62. The molecule has 114 valence electrons. The molecule has 4 rings (SSSR count). The Balaban J connectivity index is 1.88. The first-order valence-corrected chi connectivity index (χ1v) is 8.91. The van der Waals surface area contributed by atoms with E-state index < -0.39 is 0 Å². The SMILES string of the molecule is O=[N+]([O-])c1cc(-c2ccc3sc4c(c3c2)C=CCC4)ccc1Br. The molecular weight excluding hydrogens is 374 g/mol. The summed E-state index contributed by atoms with van der Waals surface area (Å²) in [7, 11) is 0. The Hall–Kier alpha value is -1.98. The third-order valence-corrected chi connectivity index (χ3v) is 6.02. The van der Waals surface area contributed by atoms with Gasteiger partial charge in [0.25, 0.3) is 5.69 Å². The highest BCUT2D eigenvalue weighted by Crippen LogP contribution is 2.38. The van der Waals surface area contributed by atoms with Gasteiger partial charge in [-0.05, 0) is 63.7 Å². The van der Waals surface area contributed by atoms with Crippen LogP contribution in [0.25, 0.3) is 27.3 Å². The predicted octanol–water partition coefficient (Wildman–Crippen LogP) is 6.20. The Morgan fingerprint density at radius 2 is 1.91 bits per heavy atom. The average molecular weight is 386 g/mol. The second-order valence-electron chi connectivity index (χ2n) is 5.51. The van der Waals surface area contributed by atoms with Crippen LogP contribution >= 0.6 is 27.3 Å². The zero-order valence-corrected chi connectivity index (χ0v) is 14.5. The minimum absolute atomic E-state index is 0.0924. The third kappa shape index (κ3) is 2.50. The van der Waals surface area contributed by atoms with Crippen molar-refractivity contribution in [3.05, 3.63) is 67.5 Å². The summed E-state index contributed by atoms with van der Waals surface area (Å²) < 4.78 is 1.78. The number of rotatable bonds is 2. The van der Waals surface area contributed by atoms with Crippen molar-refractivity contribution < 1.29 is 4.92 Å². The topological polar surface area (TPSA) is 43.1 Å². The highest BCUT2D eigenvalue weighted by atomic mass is 79.9. The van der Waals surface area contributed by atoms with Crippen molar-refractivity contribution >= 4 is 49.1 Å². The Bertz CT molecular complexity index is 975. The van der Waals surface area contributed by atoms with Crippen molar-refractivity contribution in [2.75, 3.05) is 0 Å². The highest BCUT2D eigenvalue weighted by molar-refractivity contribution is 9.10. The molecule has 0 bridgehead atoms. The lowest BCUT2D eigenvalue weighted by atomic mass is 9.99. The fourth-order valence-electron chi connectivity index (χ4n) is 2.96. The van der Waals surface area contributed by atoms with Gasteiger partial charge in [0.05, 0.1) is 9.40 Å². The van der Waals surface area contributed by atoms with Crippen LogP contribution in [0.15, 0.2) is 46.9 Å². The molecule has 1 aliphatic carbocycles. The quantitative estimate of drug-likeness (QED) is 0.389. The maximum absolute atomic E-state index is 11.1. The zero-order valence-electron chi connectivity index (χ0n) is 12.1. The lowest BCUT2D eigenvalue weighted by Crippen LogP contribution is -1.90. The van der Waals surface area contributed by atoms with Gasteiger partial charge in [0.2, 0.25) is 0 Å². The van der Waals surface area contributed by atoms with E-state index in [2.05, 4.69) is 40.2 Å². The van der Waals surface area contributed by atoms with Crippen molar-refractivity contribution in [3.8, 4) is 11.1 Å². The number of thiophene rings is 1.